The summed E-state index contributed by atoms with van der Waals surface area (Å²) in [6, 6.07) is 8.05. The van der Waals surface area contributed by atoms with Crippen LogP contribution in [-0.4, -0.2) is 14.7 Å². The summed E-state index contributed by atoms with van der Waals surface area (Å²) < 4.78 is 2.14. The van der Waals surface area contributed by atoms with Gasteiger partial charge in [0.2, 0.25) is 0 Å². The number of benzene rings is 1. The minimum absolute atomic E-state index is 0.519. The fourth-order valence-corrected chi connectivity index (χ4v) is 2.04. The molecule has 1 atom stereocenters. The minimum Gasteiger partial charge on any atom is -0.385 e. The van der Waals surface area contributed by atoms with Crippen molar-refractivity contribution in [2.24, 2.45) is 5.92 Å². The summed E-state index contributed by atoms with van der Waals surface area (Å²) in [6.07, 6.45) is 0.578. The van der Waals surface area contributed by atoms with E-state index < -0.39 is 6.10 Å². The number of fused-ring (bicyclic) bond motifs is 1. The Labute approximate surface area is 102 Å². The molecule has 1 heterocycles. The number of para-hydroxylation sites is 2. The number of nitrogens with zero attached hydrogens (tertiary/aromatic N) is 2. The number of aromatic nitrogens is 2. The molecule has 0 fully saturated rings. The van der Waals surface area contributed by atoms with Gasteiger partial charge in [0.25, 0.3) is 0 Å². The summed E-state index contributed by atoms with van der Waals surface area (Å²) in [6.45, 7) is 7.10. The Hall–Kier alpha value is -1.35. The lowest BCUT2D eigenvalue weighted by Crippen LogP contribution is -2.08. The van der Waals surface area contributed by atoms with Crippen molar-refractivity contribution >= 4 is 11.0 Å². The van der Waals surface area contributed by atoms with Crippen LogP contribution in [0.25, 0.3) is 11.0 Å². The van der Waals surface area contributed by atoms with Crippen LogP contribution in [0, 0.1) is 5.92 Å². The van der Waals surface area contributed by atoms with Crippen molar-refractivity contribution in [3.8, 4) is 0 Å². The van der Waals surface area contributed by atoms with E-state index >= 15 is 0 Å². The van der Waals surface area contributed by atoms with Gasteiger partial charge in [-0.1, -0.05) is 26.0 Å². The number of aryl methyl sites for hydroxylation is 1. The van der Waals surface area contributed by atoms with Gasteiger partial charge in [0, 0.05) is 6.54 Å². The molecule has 0 spiro atoms. The molecule has 3 nitrogen and oxygen atoms in total. The third kappa shape index (κ3) is 2.50. The van der Waals surface area contributed by atoms with E-state index in [9.17, 15) is 5.11 Å². The lowest BCUT2D eigenvalue weighted by atomic mass is 10.1. The van der Waals surface area contributed by atoms with Gasteiger partial charge in [-0.2, -0.15) is 0 Å². The van der Waals surface area contributed by atoms with Crippen LogP contribution in [0.3, 0.4) is 0 Å². The molecule has 0 saturated heterocycles. The van der Waals surface area contributed by atoms with Gasteiger partial charge < -0.3 is 9.67 Å². The first-order valence-electron chi connectivity index (χ1n) is 6.23. The standard InChI is InChI=1S/C14H20N2O/c1-10(2)8-9-16-13-7-5-4-6-12(13)15-14(16)11(3)17/h4-7,10-11,17H,8-9H2,1-3H3/t11-/m1/s1. The summed E-state index contributed by atoms with van der Waals surface area (Å²) >= 11 is 0. The Bertz CT molecular complexity index is 500. The highest BCUT2D eigenvalue weighted by molar-refractivity contribution is 5.75. The summed E-state index contributed by atoms with van der Waals surface area (Å²) in [5.41, 5.74) is 2.08. The predicted octanol–water partition coefficient (Wildman–Crippen LogP) is 3.14. The van der Waals surface area contributed by atoms with Crippen LogP contribution in [0.4, 0.5) is 0 Å². The second kappa shape index (κ2) is 4.88. The number of aliphatic hydroxyl groups is 1. The van der Waals surface area contributed by atoms with Crippen molar-refractivity contribution in [3.63, 3.8) is 0 Å². The van der Waals surface area contributed by atoms with E-state index in [0.717, 1.165) is 29.8 Å². The van der Waals surface area contributed by atoms with E-state index in [1.165, 1.54) is 0 Å². The van der Waals surface area contributed by atoms with Crippen molar-refractivity contribution in [1.82, 2.24) is 9.55 Å². The van der Waals surface area contributed by atoms with Crippen molar-refractivity contribution in [2.45, 2.75) is 39.8 Å². The highest BCUT2D eigenvalue weighted by Crippen LogP contribution is 2.21. The Kier molecular flexibility index (Phi) is 3.48. The number of imidazole rings is 1. The molecule has 92 valence electrons. The van der Waals surface area contributed by atoms with Gasteiger partial charge in [0.1, 0.15) is 11.9 Å². The minimum atomic E-state index is -0.519. The van der Waals surface area contributed by atoms with Gasteiger partial charge in [-0.25, -0.2) is 4.98 Å². The molecule has 0 amide bonds. The maximum atomic E-state index is 9.79. The van der Waals surface area contributed by atoms with E-state index in [1.807, 2.05) is 18.2 Å². The largest absolute Gasteiger partial charge is 0.385 e. The van der Waals surface area contributed by atoms with E-state index in [0.29, 0.717) is 5.92 Å². The molecule has 1 N–H and O–H groups in total. The topological polar surface area (TPSA) is 38.0 Å². The van der Waals surface area contributed by atoms with Gasteiger partial charge >= 0.3 is 0 Å². The normalized spacial score (nSPS) is 13.5. The fraction of sp³-hybridized carbons (Fsp3) is 0.500. The molecular weight excluding hydrogens is 212 g/mol. The Morgan fingerprint density at radius 3 is 2.59 bits per heavy atom. The SMILES string of the molecule is CC(C)CCn1c([C@@H](C)O)nc2ccccc21. The first-order valence-corrected chi connectivity index (χ1v) is 6.23. The Balaban J connectivity index is 2.44. The molecule has 2 aromatic rings. The van der Waals surface area contributed by atoms with Crippen molar-refractivity contribution in [3.05, 3.63) is 30.1 Å². The molecular formula is C14H20N2O. The van der Waals surface area contributed by atoms with Crippen molar-refractivity contribution in [1.29, 1.82) is 0 Å². The first-order chi connectivity index (χ1) is 8.09. The Morgan fingerprint density at radius 2 is 1.94 bits per heavy atom. The average Bonchev–Trinajstić information content (AvgIpc) is 2.65. The maximum absolute atomic E-state index is 9.79. The van der Waals surface area contributed by atoms with Crippen LogP contribution in [0.5, 0.6) is 0 Å². The predicted molar refractivity (Wildman–Crippen MR) is 69.8 cm³/mol. The van der Waals surface area contributed by atoms with Crippen molar-refractivity contribution < 1.29 is 5.11 Å². The molecule has 3 heteroatoms. The van der Waals surface area contributed by atoms with Gasteiger partial charge in [-0.15, -0.1) is 0 Å². The third-order valence-electron chi connectivity index (χ3n) is 2.99. The third-order valence-corrected chi connectivity index (χ3v) is 2.99. The lowest BCUT2D eigenvalue weighted by molar-refractivity contribution is 0.183. The zero-order chi connectivity index (χ0) is 12.4. The van der Waals surface area contributed by atoms with Gasteiger partial charge in [0.05, 0.1) is 11.0 Å². The van der Waals surface area contributed by atoms with Crippen molar-refractivity contribution in [2.75, 3.05) is 0 Å². The van der Waals surface area contributed by atoms with Gasteiger partial charge in [-0.3, -0.25) is 0 Å². The number of hydrogen-bond donors (Lipinski definition) is 1. The molecule has 17 heavy (non-hydrogen) atoms. The molecule has 0 saturated carbocycles. The van der Waals surface area contributed by atoms with Crippen LogP contribution >= 0.6 is 0 Å². The van der Waals surface area contributed by atoms with E-state index in [4.69, 9.17) is 0 Å². The average molecular weight is 232 g/mol. The Morgan fingerprint density at radius 1 is 1.24 bits per heavy atom. The summed E-state index contributed by atoms with van der Waals surface area (Å²) in [5.74, 6) is 1.42. The van der Waals surface area contributed by atoms with Gasteiger partial charge in [-0.05, 0) is 31.4 Å². The van der Waals surface area contributed by atoms with Gasteiger partial charge in [0.15, 0.2) is 0 Å². The van der Waals surface area contributed by atoms with E-state index in [2.05, 4.69) is 29.5 Å². The molecule has 0 aliphatic carbocycles. The molecule has 0 aliphatic rings. The molecule has 0 aliphatic heterocycles. The zero-order valence-electron chi connectivity index (χ0n) is 10.7. The summed E-state index contributed by atoms with van der Waals surface area (Å²) in [5, 5.41) is 9.79. The molecule has 0 unspecified atom stereocenters. The molecule has 1 aromatic carbocycles. The number of hydrogen-bond acceptors (Lipinski definition) is 2. The van der Waals surface area contributed by atoms with E-state index in [1.54, 1.807) is 6.92 Å². The van der Waals surface area contributed by atoms with Crippen LogP contribution in [0.1, 0.15) is 39.1 Å². The van der Waals surface area contributed by atoms with Crippen LogP contribution < -0.4 is 0 Å². The summed E-state index contributed by atoms with van der Waals surface area (Å²) in [4.78, 5) is 4.50. The van der Waals surface area contributed by atoms with Crippen LogP contribution in [-0.2, 0) is 6.54 Å². The van der Waals surface area contributed by atoms with Crippen LogP contribution in [0.2, 0.25) is 0 Å². The fourth-order valence-electron chi connectivity index (χ4n) is 2.04. The maximum Gasteiger partial charge on any atom is 0.138 e. The number of aliphatic hydroxyl groups excluding tert-OH is 1. The highest BCUT2D eigenvalue weighted by Gasteiger charge is 2.14. The zero-order valence-corrected chi connectivity index (χ0v) is 10.7. The van der Waals surface area contributed by atoms with E-state index in [-0.39, 0.29) is 0 Å². The molecule has 2 rings (SSSR count). The quantitative estimate of drug-likeness (QED) is 0.879. The molecule has 0 radical (unpaired) electrons. The smallest absolute Gasteiger partial charge is 0.138 e. The highest BCUT2D eigenvalue weighted by atomic mass is 16.3. The first kappa shape index (κ1) is 12.1. The molecule has 0 bridgehead atoms. The second-order valence-corrected chi connectivity index (χ2v) is 4.97. The summed E-state index contributed by atoms with van der Waals surface area (Å²) in [7, 11) is 0. The lowest BCUT2D eigenvalue weighted by Gasteiger charge is -2.12. The second-order valence-electron chi connectivity index (χ2n) is 4.97. The molecule has 1 aromatic heterocycles. The monoisotopic (exact) mass is 232 g/mol. The number of rotatable bonds is 4. The van der Waals surface area contributed by atoms with Crippen LogP contribution in [0.15, 0.2) is 24.3 Å².